The zero-order chi connectivity index (χ0) is 25.0. The van der Waals surface area contributed by atoms with E-state index in [0.717, 1.165) is 22.4 Å². The fraction of sp³-hybridized carbons (Fsp3) is 0.286. The van der Waals surface area contributed by atoms with Crippen LogP contribution < -0.4 is 4.74 Å². The molecule has 7 heteroatoms. The van der Waals surface area contributed by atoms with E-state index in [2.05, 4.69) is 0 Å². The second-order valence-corrected chi connectivity index (χ2v) is 9.61. The second-order valence-electron chi connectivity index (χ2n) is 9.17. The number of hydrogen-bond donors (Lipinski definition) is 1. The van der Waals surface area contributed by atoms with E-state index >= 15 is 0 Å². The molecule has 0 fully saturated rings. The number of carboxylic acid groups (broad SMARTS) is 1. The number of hydrogen-bond acceptors (Lipinski definition) is 3. The number of carboxylic acids is 1. The summed E-state index contributed by atoms with van der Waals surface area (Å²) in [5, 5.41) is 9.78. The smallest absolute Gasteiger partial charge is 0.305 e. The molecule has 3 aromatic rings. The number of amides is 1. The van der Waals surface area contributed by atoms with Crippen molar-refractivity contribution < 1.29 is 23.8 Å². The Morgan fingerprint density at radius 1 is 1.06 bits per heavy atom. The fourth-order valence-corrected chi connectivity index (χ4v) is 4.68. The lowest BCUT2D eigenvalue weighted by molar-refractivity contribution is -0.137. The highest BCUT2D eigenvalue weighted by Gasteiger charge is 2.35. The lowest BCUT2D eigenvalue weighted by atomic mass is 9.91. The number of carbonyl (C=O) groups is 2. The number of aliphatic carboxylic acids is 1. The maximum absolute atomic E-state index is 13.4. The van der Waals surface area contributed by atoms with E-state index < -0.39 is 11.6 Å². The van der Waals surface area contributed by atoms with Crippen molar-refractivity contribution in [3.63, 3.8) is 0 Å². The van der Waals surface area contributed by atoms with Gasteiger partial charge in [-0.3, -0.25) is 9.59 Å². The van der Waals surface area contributed by atoms with Crippen LogP contribution in [-0.4, -0.2) is 40.6 Å². The molecule has 0 bridgehead atoms. The molecule has 1 unspecified atom stereocenters. The van der Waals surface area contributed by atoms with E-state index in [0.29, 0.717) is 36.4 Å². The van der Waals surface area contributed by atoms with E-state index in [9.17, 15) is 14.0 Å². The van der Waals surface area contributed by atoms with Gasteiger partial charge in [0.25, 0.3) is 5.91 Å². The van der Waals surface area contributed by atoms with Crippen LogP contribution >= 0.6 is 11.6 Å². The predicted molar refractivity (Wildman–Crippen MR) is 133 cm³/mol. The number of ether oxygens (including phenoxy) is 1. The third-order valence-electron chi connectivity index (χ3n) is 6.16. The van der Waals surface area contributed by atoms with Crippen LogP contribution in [0.1, 0.15) is 40.4 Å². The Kier molecular flexibility index (Phi) is 7.41. The van der Waals surface area contributed by atoms with Gasteiger partial charge in [0, 0.05) is 36.5 Å². The molecule has 5 nitrogen and oxygen atoms in total. The zero-order valence-electron chi connectivity index (χ0n) is 19.5. The van der Waals surface area contributed by atoms with Crippen molar-refractivity contribution in [2.24, 2.45) is 0 Å². The summed E-state index contributed by atoms with van der Waals surface area (Å²) in [6, 6.07) is 19.1. The minimum atomic E-state index is -0.954. The van der Waals surface area contributed by atoms with Gasteiger partial charge in [0.2, 0.25) is 0 Å². The van der Waals surface area contributed by atoms with Crippen molar-refractivity contribution in [2.45, 2.75) is 38.2 Å². The summed E-state index contributed by atoms with van der Waals surface area (Å²) in [5.41, 5.74) is 2.86. The van der Waals surface area contributed by atoms with Gasteiger partial charge >= 0.3 is 5.97 Å². The standard InChI is InChI=1S/C28H27ClFNO4/c1-28(17-20-5-8-24(30)9-6-20)18-22-16-21(7-10-25(22)35-28)27(34)31(14-12-26(32)33)13-11-19-3-2-4-23(29)15-19/h2-10,15-16H,11-14,17-18H2,1H3,(H,32,33). The fourth-order valence-electron chi connectivity index (χ4n) is 4.47. The van der Waals surface area contributed by atoms with Crippen molar-refractivity contribution in [3.8, 4) is 5.75 Å². The van der Waals surface area contributed by atoms with Crippen molar-refractivity contribution in [3.05, 3.63) is 99.8 Å². The predicted octanol–water partition coefficient (Wildman–Crippen LogP) is 5.58. The molecule has 182 valence electrons. The molecule has 1 aliphatic rings. The number of carbonyl (C=O) groups excluding carboxylic acids is 1. The summed E-state index contributed by atoms with van der Waals surface area (Å²) in [6.07, 6.45) is 1.65. The third-order valence-corrected chi connectivity index (χ3v) is 6.40. The lowest BCUT2D eigenvalue weighted by Gasteiger charge is -2.24. The van der Waals surface area contributed by atoms with Gasteiger partial charge in [0.1, 0.15) is 17.2 Å². The highest BCUT2D eigenvalue weighted by Crippen LogP contribution is 2.37. The monoisotopic (exact) mass is 495 g/mol. The van der Waals surface area contributed by atoms with Gasteiger partial charge in [-0.25, -0.2) is 4.39 Å². The average molecular weight is 496 g/mol. The molecule has 1 heterocycles. The van der Waals surface area contributed by atoms with Gasteiger partial charge in [0.05, 0.1) is 6.42 Å². The quantitative estimate of drug-likeness (QED) is 0.421. The molecule has 0 saturated heterocycles. The number of halogens is 2. The molecule has 1 amide bonds. The molecule has 0 aromatic heterocycles. The summed E-state index contributed by atoms with van der Waals surface area (Å²) in [7, 11) is 0. The molecule has 0 saturated carbocycles. The average Bonchev–Trinajstić information content (AvgIpc) is 3.15. The summed E-state index contributed by atoms with van der Waals surface area (Å²) in [5.74, 6) is -0.727. The molecular weight excluding hydrogens is 469 g/mol. The number of nitrogens with zero attached hydrogens (tertiary/aromatic N) is 1. The van der Waals surface area contributed by atoms with E-state index in [-0.39, 0.29) is 24.7 Å². The largest absolute Gasteiger partial charge is 0.487 e. The summed E-state index contributed by atoms with van der Waals surface area (Å²) in [6.45, 7) is 2.49. The molecule has 3 aromatic carbocycles. The first-order chi connectivity index (χ1) is 16.7. The van der Waals surface area contributed by atoms with E-state index in [1.54, 1.807) is 35.2 Å². The molecule has 1 aliphatic heterocycles. The van der Waals surface area contributed by atoms with Crippen molar-refractivity contribution in [1.29, 1.82) is 0 Å². The zero-order valence-corrected chi connectivity index (χ0v) is 20.2. The molecule has 1 atom stereocenters. The van der Waals surface area contributed by atoms with Crippen LogP contribution in [0.4, 0.5) is 4.39 Å². The van der Waals surface area contributed by atoms with Crippen LogP contribution in [0.5, 0.6) is 5.75 Å². The topological polar surface area (TPSA) is 66.8 Å². The number of benzene rings is 3. The Hall–Kier alpha value is -3.38. The van der Waals surface area contributed by atoms with Crippen LogP contribution in [0.25, 0.3) is 0 Å². The summed E-state index contributed by atoms with van der Waals surface area (Å²) in [4.78, 5) is 26.1. The van der Waals surface area contributed by atoms with Gasteiger partial charge < -0.3 is 14.7 Å². The van der Waals surface area contributed by atoms with Gasteiger partial charge in [-0.15, -0.1) is 0 Å². The Morgan fingerprint density at radius 3 is 2.54 bits per heavy atom. The molecular formula is C28H27ClFNO4. The normalized spacial score (nSPS) is 16.4. The van der Waals surface area contributed by atoms with Crippen molar-refractivity contribution in [2.75, 3.05) is 13.1 Å². The number of fused-ring (bicyclic) bond motifs is 1. The van der Waals surface area contributed by atoms with E-state index in [4.69, 9.17) is 21.4 Å². The van der Waals surface area contributed by atoms with Crippen LogP contribution in [0, 0.1) is 5.82 Å². The molecule has 0 radical (unpaired) electrons. The van der Waals surface area contributed by atoms with Gasteiger partial charge in [-0.1, -0.05) is 35.9 Å². The Balaban J connectivity index is 1.48. The van der Waals surface area contributed by atoms with E-state index in [1.807, 2.05) is 31.2 Å². The molecule has 35 heavy (non-hydrogen) atoms. The first-order valence-electron chi connectivity index (χ1n) is 11.5. The number of rotatable bonds is 9. The maximum Gasteiger partial charge on any atom is 0.305 e. The molecule has 1 N–H and O–H groups in total. The first kappa shape index (κ1) is 24.7. The van der Waals surface area contributed by atoms with Gasteiger partial charge in [-0.05, 0) is 72.5 Å². The highest BCUT2D eigenvalue weighted by atomic mass is 35.5. The minimum Gasteiger partial charge on any atom is -0.487 e. The van der Waals surface area contributed by atoms with Crippen LogP contribution in [0.15, 0.2) is 66.7 Å². The summed E-state index contributed by atoms with van der Waals surface area (Å²) >= 11 is 6.07. The first-order valence-corrected chi connectivity index (χ1v) is 11.9. The lowest BCUT2D eigenvalue weighted by Crippen LogP contribution is -2.35. The Morgan fingerprint density at radius 2 is 1.83 bits per heavy atom. The van der Waals surface area contributed by atoms with Gasteiger partial charge in [-0.2, -0.15) is 0 Å². The molecule has 4 rings (SSSR count). The van der Waals surface area contributed by atoms with Crippen molar-refractivity contribution >= 4 is 23.5 Å². The minimum absolute atomic E-state index is 0.116. The Bertz CT molecular complexity index is 1230. The second kappa shape index (κ2) is 10.5. The van der Waals surface area contributed by atoms with E-state index in [1.165, 1.54) is 12.1 Å². The third kappa shape index (κ3) is 6.40. The summed E-state index contributed by atoms with van der Waals surface area (Å²) < 4.78 is 19.5. The Labute approximate surface area is 209 Å². The van der Waals surface area contributed by atoms with Crippen LogP contribution in [0.3, 0.4) is 0 Å². The highest BCUT2D eigenvalue weighted by molar-refractivity contribution is 6.30. The molecule has 0 aliphatic carbocycles. The van der Waals surface area contributed by atoms with Crippen LogP contribution in [-0.2, 0) is 24.1 Å². The maximum atomic E-state index is 13.4. The SMILES string of the molecule is CC1(Cc2ccc(F)cc2)Cc2cc(C(=O)N(CCC(=O)O)CCc3cccc(Cl)c3)ccc2O1. The van der Waals surface area contributed by atoms with Gasteiger partial charge in [0.15, 0.2) is 0 Å². The molecule has 0 spiro atoms. The van der Waals surface area contributed by atoms with Crippen molar-refractivity contribution in [1.82, 2.24) is 4.90 Å². The van der Waals surface area contributed by atoms with Crippen LogP contribution in [0.2, 0.25) is 5.02 Å².